The largest absolute Gasteiger partial charge is 0.389 e. The molecule has 2 heterocycles. The molecular formula is C20H29N3O4. The van der Waals surface area contributed by atoms with Crippen LogP contribution in [0.4, 0.5) is 5.69 Å². The molecule has 2 amide bonds. The van der Waals surface area contributed by atoms with Gasteiger partial charge in [0.05, 0.1) is 24.9 Å². The van der Waals surface area contributed by atoms with Crippen LogP contribution in [-0.4, -0.2) is 48.8 Å². The normalized spacial score (nSPS) is 23.8. The maximum absolute atomic E-state index is 11.9. The van der Waals surface area contributed by atoms with Gasteiger partial charge in [0.15, 0.2) is 0 Å². The van der Waals surface area contributed by atoms with E-state index in [1.807, 2.05) is 32.9 Å². The fraction of sp³-hybridized carbons (Fsp3) is 0.600. The van der Waals surface area contributed by atoms with Gasteiger partial charge < -0.3 is 25.8 Å². The van der Waals surface area contributed by atoms with Crippen LogP contribution in [0.1, 0.15) is 44.4 Å². The molecule has 0 saturated carbocycles. The number of aliphatic hydroxyl groups excluding tert-OH is 1. The van der Waals surface area contributed by atoms with E-state index in [1.54, 1.807) is 0 Å². The monoisotopic (exact) mass is 375 g/mol. The first-order valence-corrected chi connectivity index (χ1v) is 9.48. The van der Waals surface area contributed by atoms with E-state index < -0.39 is 17.9 Å². The molecule has 0 aromatic heterocycles. The number of rotatable bonds is 4. The van der Waals surface area contributed by atoms with E-state index in [9.17, 15) is 14.7 Å². The van der Waals surface area contributed by atoms with Crippen molar-refractivity contribution in [2.24, 2.45) is 5.41 Å². The van der Waals surface area contributed by atoms with Gasteiger partial charge in [0, 0.05) is 30.8 Å². The second-order valence-electron chi connectivity index (χ2n) is 8.55. The zero-order valence-corrected chi connectivity index (χ0v) is 16.2. The van der Waals surface area contributed by atoms with Gasteiger partial charge in [-0.3, -0.25) is 9.59 Å². The molecule has 2 aliphatic heterocycles. The number of ether oxygens (including phenoxy) is 1. The summed E-state index contributed by atoms with van der Waals surface area (Å²) < 4.78 is 5.76. The van der Waals surface area contributed by atoms with Crippen LogP contribution in [0.15, 0.2) is 18.2 Å². The lowest BCUT2D eigenvalue weighted by Crippen LogP contribution is -2.46. The number of carbonyl (C=O) groups excluding carboxylic acids is 2. The molecule has 1 fully saturated rings. The first-order valence-electron chi connectivity index (χ1n) is 9.48. The molecule has 3 atom stereocenters. The predicted octanol–water partition coefficient (Wildman–Crippen LogP) is 1.12. The molecule has 7 nitrogen and oxygen atoms in total. The highest BCUT2D eigenvalue weighted by atomic mass is 16.5. The van der Waals surface area contributed by atoms with Gasteiger partial charge in [0.25, 0.3) is 0 Å². The van der Waals surface area contributed by atoms with Crippen molar-refractivity contribution in [2.45, 2.75) is 51.9 Å². The number of anilines is 1. The Bertz CT molecular complexity index is 714. The van der Waals surface area contributed by atoms with Gasteiger partial charge in [0.1, 0.15) is 0 Å². The van der Waals surface area contributed by atoms with Gasteiger partial charge >= 0.3 is 11.8 Å². The minimum Gasteiger partial charge on any atom is -0.389 e. The minimum atomic E-state index is -0.605. The maximum Gasteiger partial charge on any atom is 0.309 e. The molecule has 1 aromatic rings. The van der Waals surface area contributed by atoms with E-state index in [2.05, 4.69) is 22.0 Å². The van der Waals surface area contributed by atoms with Gasteiger partial charge in [-0.15, -0.1) is 0 Å². The fourth-order valence-electron chi connectivity index (χ4n) is 3.35. The van der Waals surface area contributed by atoms with Crippen LogP contribution < -0.4 is 16.0 Å². The molecule has 7 heteroatoms. The van der Waals surface area contributed by atoms with Crippen LogP contribution in [0.5, 0.6) is 0 Å². The number of nitrogens with one attached hydrogen (secondary N) is 3. The summed E-state index contributed by atoms with van der Waals surface area (Å²) in [6.07, 6.45) is 0.896. The zero-order valence-electron chi connectivity index (χ0n) is 16.2. The van der Waals surface area contributed by atoms with Crippen LogP contribution in [0, 0.1) is 5.41 Å². The third-order valence-corrected chi connectivity index (χ3v) is 4.89. The van der Waals surface area contributed by atoms with Crippen molar-refractivity contribution < 1.29 is 19.4 Å². The van der Waals surface area contributed by atoms with E-state index in [4.69, 9.17) is 4.74 Å². The summed E-state index contributed by atoms with van der Waals surface area (Å²) in [5.41, 5.74) is 3.08. The SMILES string of the molecule is CC(C)(C)CNC(=O)C(=O)NCCc1ccc2c(c1)[C@@H]1C[C@H](N2)[C@H](O)CO1. The Morgan fingerprint density at radius 2 is 2.00 bits per heavy atom. The standard InChI is InChI=1S/C20H29N3O4/c1-20(2,3)11-22-19(26)18(25)21-7-6-12-4-5-14-13(8-12)17-9-15(23-14)16(24)10-27-17/h4-5,8,15-17,23-24H,6-7,9-11H2,1-3H3,(H,21,25)(H,22,26)/t15-,16+,17-/m0/s1. The van der Waals surface area contributed by atoms with Crippen molar-refractivity contribution in [1.29, 1.82) is 0 Å². The van der Waals surface area contributed by atoms with Crippen molar-refractivity contribution in [3.05, 3.63) is 29.3 Å². The fourth-order valence-corrected chi connectivity index (χ4v) is 3.35. The number of hydrogen-bond donors (Lipinski definition) is 4. The molecule has 1 aromatic carbocycles. The summed E-state index contributed by atoms with van der Waals surface area (Å²) in [4.78, 5) is 23.7. The Balaban J connectivity index is 1.51. The van der Waals surface area contributed by atoms with Crippen LogP contribution in [0.25, 0.3) is 0 Å². The van der Waals surface area contributed by atoms with Crippen molar-refractivity contribution in [3.63, 3.8) is 0 Å². The lowest BCUT2D eigenvalue weighted by atomic mass is 9.89. The van der Waals surface area contributed by atoms with Crippen LogP contribution in [-0.2, 0) is 20.7 Å². The Kier molecular flexibility index (Phi) is 5.72. The van der Waals surface area contributed by atoms with E-state index >= 15 is 0 Å². The van der Waals surface area contributed by atoms with Gasteiger partial charge in [0.2, 0.25) is 0 Å². The lowest BCUT2D eigenvalue weighted by molar-refractivity contribution is -0.139. The van der Waals surface area contributed by atoms with Gasteiger partial charge in [-0.1, -0.05) is 32.9 Å². The summed E-state index contributed by atoms with van der Waals surface area (Å²) >= 11 is 0. The molecule has 1 saturated heterocycles. The number of aliphatic hydroxyl groups is 1. The number of hydrogen-bond acceptors (Lipinski definition) is 5. The molecule has 0 unspecified atom stereocenters. The Morgan fingerprint density at radius 3 is 2.74 bits per heavy atom. The maximum atomic E-state index is 11.9. The minimum absolute atomic E-state index is 0.00707. The van der Waals surface area contributed by atoms with Gasteiger partial charge in [-0.2, -0.15) is 0 Å². The Morgan fingerprint density at radius 1 is 1.26 bits per heavy atom. The number of benzene rings is 1. The highest BCUT2D eigenvalue weighted by Crippen LogP contribution is 2.39. The lowest BCUT2D eigenvalue weighted by Gasteiger charge is -2.40. The molecular weight excluding hydrogens is 346 g/mol. The first kappa shape index (κ1) is 19.6. The highest BCUT2D eigenvalue weighted by molar-refractivity contribution is 6.35. The molecule has 2 aliphatic rings. The highest BCUT2D eigenvalue weighted by Gasteiger charge is 2.36. The molecule has 2 bridgehead atoms. The smallest absolute Gasteiger partial charge is 0.309 e. The number of carbonyl (C=O) groups is 2. The van der Waals surface area contributed by atoms with E-state index in [0.717, 1.165) is 23.2 Å². The van der Waals surface area contributed by atoms with Crippen LogP contribution >= 0.6 is 0 Å². The topological polar surface area (TPSA) is 99.7 Å². The predicted molar refractivity (Wildman–Crippen MR) is 102 cm³/mol. The van der Waals surface area contributed by atoms with Crippen LogP contribution in [0.2, 0.25) is 0 Å². The summed E-state index contributed by atoms with van der Waals surface area (Å²) in [6, 6.07) is 6.09. The quantitative estimate of drug-likeness (QED) is 0.591. The molecule has 27 heavy (non-hydrogen) atoms. The molecule has 0 spiro atoms. The number of amides is 2. The Hall–Kier alpha value is -2.12. The molecule has 4 N–H and O–H groups in total. The van der Waals surface area contributed by atoms with Gasteiger partial charge in [-0.25, -0.2) is 0 Å². The van der Waals surface area contributed by atoms with Gasteiger partial charge in [-0.05, 0) is 23.5 Å². The third kappa shape index (κ3) is 4.99. The van der Waals surface area contributed by atoms with Crippen molar-refractivity contribution in [1.82, 2.24) is 10.6 Å². The second-order valence-corrected chi connectivity index (χ2v) is 8.55. The average molecular weight is 375 g/mol. The molecule has 3 rings (SSSR count). The zero-order chi connectivity index (χ0) is 19.6. The molecule has 148 valence electrons. The average Bonchev–Trinajstić information content (AvgIpc) is 2.62. The first-order chi connectivity index (χ1) is 12.7. The number of fused-ring (bicyclic) bond motifs is 4. The molecule has 0 aliphatic carbocycles. The van der Waals surface area contributed by atoms with Crippen molar-refractivity contribution in [3.8, 4) is 0 Å². The Labute approximate surface area is 159 Å². The summed E-state index contributed by atoms with van der Waals surface area (Å²) in [7, 11) is 0. The van der Waals surface area contributed by atoms with Crippen molar-refractivity contribution >= 4 is 17.5 Å². The van der Waals surface area contributed by atoms with E-state index in [1.165, 1.54) is 0 Å². The summed E-state index contributed by atoms with van der Waals surface area (Å²) in [5, 5.41) is 18.6. The van der Waals surface area contributed by atoms with Crippen LogP contribution in [0.3, 0.4) is 0 Å². The van der Waals surface area contributed by atoms with E-state index in [0.29, 0.717) is 26.1 Å². The third-order valence-electron chi connectivity index (χ3n) is 4.89. The summed E-state index contributed by atoms with van der Waals surface area (Å²) in [5.74, 6) is -1.20. The second kappa shape index (κ2) is 7.86. The van der Waals surface area contributed by atoms with Crippen molar-refractivity contribution in [2.75, 3.05) is 25.0 Å². The van der Waals surface area contributed by atoms with E-state index in [-0.39, 0.29) is 17.6 Å². The molecule has 0 radical (unpaired) electrons. The summed E-state index contributed by atoms with van der Waals surface area (Å²) in [6.45, 7) is 7.17.